The van der Waals surface area contributed by atoms with Crippen molar-refractivity contribution in [2.24, 2.45) is 0 Å². The number of aryl methyl sites for hydroxylation is 2. The molecule has 1 heterocycles. The first-order chi connectivity index (χ1) is 10.2. The van der Waals surface area contributed by atoms with E-state index in [0.717, 1.165) is 25.0 Å². The second-order valence-corrected chi connectivity index (χ2v) is 6.12. The summed E-state index contributed by atoms with van der Waals surface area (Å²) in [5.74, 6) is -0.381. The number of hydrogen-bond acceptors (Lipinski definition) is 3. The number of hydrogen-bond donors (Lipinski definition) is 2. The van der Waals surface area contributed by atoms with Crippen molar-refractivity contribution < 1.29 is 9.18 Å². The molecule has 110 valence electrons. The molecule has 1 aliphatic rings. The minimum Gasteiger partial charge on any atom is -0.308 e. The molecule has 0 fully saturated rings. The van der Waals surface area contributed by atoms with E-state index in [4.69, 9.17) is 0 Å². The lowest BCUT2D eigenvalue weighted by atomic mass is 10.2. The highest BCUT2D eigenvalue weighted by atomic mass is 32.1. The van der Waals surface area contributed by atoms with Crippen LogP contribution in [0.1, 0.15) is 29.8 Å². The zero-order valence-corrected chi connectivity index (χ0v) is 12.3. The molecule has 2 aromatic rings. The van der Waals surface area contributed by atoms with Gasteiger partial charge in [0.1, 0.15) is 5.82 Å². The molecule has 0 spiro atoms. The number of carbonyl (C=O) groups is 1. The van der Waals surface area contributed by atoms with Crippen LogP contribution in [0, 0.1) is 5.82 Å². The SMILES string of the molecule is O=C(Nc1cccc(F)c1)Nc1nc2c(s1)CCCCC2. The average Bonchev–Trinajstić information content (AvgIpc) is 2.67. The number of nitrogens with one attached hydrogen (secondary N) is 2. The van der Waals surface area contributed by atoms with Crippen LogP contribution in [-0.4, -0.2) is 11.0 Å². The number of urea groups is 1. The van der Waals surface area contributed by atoms with Crippen LogP contribution in [0.25, 0.3) is 0 Å². The molecule has 1 aromatic carbocycles. The zero-order valence-electron chi connectivity index (χ0n) is 11.5. The minimum atomic E-state index is -0.399. The van der Waals surface area contributed by atoms with Crippen LogP contribution in [0.3, 0.4) is 0 Å². The first kappa shape index (κ1) is 14.0. The largest absolute Gasteiger partial charge is 0.325 e. The Morgan fingerprint density at radius 1 is 1.19 bits per heavy atom. The van der Waals surface area contributed by atoms with Crippen LogP contribution in [0.4, 0.5) is 20.0 Å². The van der Waals surface area contributed by atoms with Crippen LogP contribution in [0.2, 0.25) is 0 Å². The molecule has 2 N–H and O–H groups in total. The van der Waals surface area contributed by atoms with Crippen LogP contribution in [0.5, 0.6) is 0 Å². The van der Waals surface area contributed by atoms with Crippen LogP contribution < -0.4 is 10.6 Å². The summed E-state index contributed by atoms with van der Waals surface area (Å²) < 4.78 is 13.1. The van der Waals surface area contributed by atoms with E-state index in [1.807, 2.05) is 0 Å². The quantitative estimate of drug-likeness (QED) is 0.817. The van der Waals surface area contributed by atoms with E-state index >= 15 is 0 Å². The molecule has 1 aliphatic carbocycles. The van der Waals surface area contributed by atoms with E-state index in [-0.39, 0.29) is 5.82 Å². The van der Waals surface area contributed by atoms with Gasteiger partial charge < -0.3 is 5.32 Å². The number of fused-ring (bicyclic) bond motifs is 1. The van der Waals surface area contributed by atoms with E-state index in [1.165, 1.54) is 41.2 Å². The Labute approximate surface area is 126 Å². The van der Waals surface area contributed by atoms with Gasteiger partial charge in [-0.1, -0.05) is 12.5 Å². The molecule has 0 saturated heterocycles. The highest BCUT2D eigenvalue weighted by Gasteiger charge is 2.15. The standard InChI is InChI=1S/C15H16FN3OS/c16-10-5-4-6-11(9-10)17-14(20)19-15-18-12-7-2-1-3-8-13(12)21-15/h4-6,9H,1-3,7-8H2,(H2,17,18,19,20). The number of anilines is 2. The maximum absolute atomic E-state index is 13.1. The Morgan fingerprint density at radius 3 is 2.90 bits per heavy atom. The summed E-state index contributed by atoms with van der Waals surface area (Å²) in [6.45, 7) is 0. The first-order valence-corrected chi connectivity index (χ1v) is 7.84. The van der Waals surface area contributed by atoms with E-state index in [9.17, 15) is 9.18 Å². The molecular formula is C15H16FN3OS. The molecule has 2 amide bonds. The fourth-order valence-electron chi connectivity index (χ4n) is 2.41. The minimum absolute atomic E-state index is 0.381. The number of nitrogens with zero attached hydrogens (tertiary/aromatic N) is 1. The van der Waals surface area contributed by atoms with Gasteiger partial charge in [0.2, 0.25) is 0 Å². The number of benzene rings is 1. The van der Waals surface area contributed by atoms with Gasteiger partial charge in [-0.05, 0) is 43.9 Å². The topological polar surface area (TPSA) is 54.0 Å². The van der Waals surface area contributed by atoms with Gasteiger partial charge in [0.05, 0.1) is 5.69 Å². The van der Waals surface area contributed by atoms with Crippen LogP contribution in [-0.2, 0) is 12.8 Å². The first-order valence-electron chi connectivity index (χ1n) is 7.03. The lowest BCUT2D eigenvalue weighted by Gasteiger charge is -2.05. The highest BCUT2D eigenvalue weighted by molar-refractivity contribution is 7.15. The third-order valence-electron chi connectivity index (χ3n) is 3.40. The third-order valence-corrected chi connectivity index (χ3v) is 4.47. The van der Waals surface area contributed by atoms with E-state index in [2.05, 4.69) is 15.6 Å². The number of amides is 2. The van der Waals surface area contributed by atoms with Gasteiger partial charge in [0.15, 0.2) is 5.13 Å². The van der Waals surface area contributed by atoms with E-state index in [0.29, 0.717) is 10.8 Å². The Hall–Kier alpha value is -1.95. The Morgan fingerprint density at radius 2 is 2.05 bits per heavy atom. The Balaban J connectivity index is 1.65. The summed E-state index contributed by atoms with van der Waals surface area (Å²) in [4.78, 5) is 17.7. The summed E-state index contributed by atoms with van der Waals surface area (Å²) in [5.41, 5.74) is 1.53. The van der Waals surface area contributed by atoms with Gasteiger partial charge in [-0.2, -0.15) is 0 Å². The summed E-state index contributed by atoms with van der Waals surface area (Å²) in [6.07, 6.45) is 5.61. The van der Waals surface area contributed by atoms with Gasteiger partial charge in [-0.15, -0.1) is 11.3 Å². The van der Waals surface area contributed by atoms with Crippen molar-refractivity contribution in [3.63, 3.8) is 0 Å². The van der Waals surface area contributed by atoms with Crippen LogP contribution in [0.15, 0.2) is 24.3 Å². The fourth-order valence-corrected chi connectivity index (χ4v) is 3.45. The van der Waals surface area contributed by atoms with Crippen molar-refractivity contribution in [2.45, 2.75) is 32.1 Å². The van der Waals surface area contributed by atoms with E-state index in [1.54, 1.807) is 12.1 Å². The molecule has 4 nitrogen and oxygen atoms in total. The van der Waals surface area contributed by atoms with Crippen molar-refractivity contribution in [2.75, 3.05) is 10.6 Å². The Bertz CT molecular complexity index is 633. The molecule has 0 bridgehead atoms. The molecule has 0 aliphatic heterocycles. The van der Waals surface area contributed by atoms with Gasteiger partial charge in [0, 0.05) is 10.6 Å². The van der Waals surface area contributed by atoms with Crippen LogP contribution >= 0.6 is 11.3 Å². The lowest BCUT2D eigenvalue weighted by molar-refractivity contribution is 0.262. The molecule has 6 heteroatoms. The molecule has 0 unspecified atom stereocenters. The van der Waals surface area contributed by atoms with Gasteiger partial charge >= 0.3 is 6.03 Å². The smallest absolute Gasteiger partial charge is 0.308 e. The maximum atomic E-state index is 13.1. The number of halogens is 1. The average molecular weight is 305 g/mol. The normalized spacial score (nSPS) is 14.1. The number of aromatic nitrogens is 1. The van der Waals surface area contributed by atoms with Gasteiger partial charge in [-0.25, -0.2) is 14.2 Å². The van der Waals surface area contributed by atoms with Gasteiger partial charge in [-0.3, -0.25) is 5.32 Å². The second-order valence-electron chi connectivity index (χ2n) is 5.04. The summed E-state index contributed by atoms with van der Waals surface area (Å²) in [5, 5.41) is 5.93. The fraction of sp³-hybridized carbons (Fsp3) is 0.333. The molecule has 0 atom stereocenters. The summed E-state index contributed by atoms with van der Waals surface area (Å²) in [7, 11) is 0. The number of carbonyl (C=O) groups excluding carboxylic acids is 1. The lowest BCUT2D eigenvalue weighted by Crippen LogP contribution is -2.19. The highest BCUT2D eigenvalue weighted by Crippen LogP contribution is 2.28. The van der Waals surface area contributed by atoms with Gasteiger partial charge in [0.25, 0.3) is 0 Å². The molecule has 3 rings (SSSR count). The molecule has 1 aromatic heterocycles. The predicted octanol–water partition coefficient (Wildman–Crippen LogP) is 4.20. The van der Waals surface area contributed by atoms with E-state index < -0.39 is 6.03 Å². The predicted molar refractivity (Wildman–Crippen MR) is 82.4 cm³/mol. The van der Waals surface area contributed by atoms with Crippen molar-refractivity contribution in [1.29, 1.82) is 0 Å². The number of rotatable bonds is 2. The number of thiazole rings is 1. The molecule has 0 saturated carbocycles. The molecule has 21 heavy (non-hydrogen) atoms. The zero-order chi connectivity index (χ0) is 14.7. The van der Waals surface area contributed by atoms with Crippen molar-refractivity contribution in [1.82, 2.24) is 4.98 Å². The third kappa shape index (κ3) is 3.58. The Kier molecular flexibility index (Phi) is 4.15. The maximum Gasteiger partial charge on any atom is 0.325 e. The van der Waals surface area contributed by atoms with Crippen molar-refractivity contribution >= 4 is 28.2 Å². The monoisotopic (exact) mass is 305 g/mol. The summed E-state index contributed by atoms with van der Waals surface area (Å²) >= 11 is 1.53. The molecular weight excluding hydrogens is 289 g/mol. The second kappa shape index (κ2) is 6.22. The van der Waals surface area contributed by atoms with Crippen molar-refractivity contribution in [3.8, 4) is 0 Å². The summed E-state index contributed by atoms with van der Waals surface area (Å²) in [6, 6.07) is 5.40. The molecule has 0 radical (unpaired) electrons. The van der Waals surface area contributed by atoms with Crippen molar-refractivity contribution in [3.05, 3.63) is 40.7 Å².